The monoisotopic (exact) mass is 271 g/mol. The molecule has 0 aliphatic heterocycles. The molecule has 18 heavy (non-hydrogen) atoms. The van der Waals surface area contributed by atoms with Gasteiger partial charge in [-0.15, -0.1) is 0 Å². The molecule has 102 valence electrons. The molecular weight excluding hydrogens is 250 g/mol. The van der Waals surface area contributed by atoms with E-state index in [9.17, 15) is 8.42 Å². The highest BCUT2D eigenvalue weighted by Crippen LogP contribution is 2.14. The van der Waals surface area contributed by atoms with Crippen LogP contribution in [0.1, 0.15) is 38.2 Å². The Labute approximate surface area is 109 Å². The lowest BCUT2D eigenvalue weighted by atomic mass is 10.2. The van der Waals surface area contributed by atoms with E-state index in [4.69, 9.17) is 0 Å². The van der Waals surface area contributed by atoms with E-state index in [-0.39, 0.29) is 17.7 Å². The molecule has 1 N–H and O–H groups in total. The first-order chi connectivity index (χ1) is 8.17. The summed E-state index contributed by atoms with van der Waals surface area (Å²) in [5.41, 5.74) is 0.878. The normalized spacial score (nSPS) is 13.7. The van der Waals surface area contributed by atoms with Crippen LogP contribution in [0.3, 0.4) is 0 Å². The van der Waals surface area contributed by atoms with E-state index in [1.807, 2.05) is 33.8 Å². The van der Waals surface area contributed by atoms with Gasteiger partial charge < -0.3 is 5.32 Å². The van der Waals surface area contributed by atoms with Crippen LogP contribution in [0.2, 0.25) is 0 Å². The van der Waals surface area contributed by atoms with Crippen LogP contribution >= 0.6 is 0 Å². The molecule has 0 saturated carbocycles. The number of rotatable bonds is 5. The first-order valence-electron chi connectivity index (χ1n) is 5.97. The molecule has 1 atom stereocenters. The minimum absolute atomic E-state index is 0.0903. The van der Waals surface area contributed by atoms with Crippen molar-refractivity contribution < 1.29 is 8.42 Å². The summed E-state index contributed by atoms with van der Waals surface area (Å²) in [4.78, 5) is 8.73. The minimum atomic E-state index is -2.99. The summed E-state index contributed by atoms with van der Waals surface area (Å²) in [6, 6.07) is 1.65. The third-order valence-corrected chi connectivity index (χ3v) is 3.44. The molecule has 1 aromatic rings. The molecule has 5 nitrogen and oxygen atoms in total. The van der Waals surface area contributed by atoms with Gasteiger partial charge in [0.05, 0.1) is 5.75 Å². The molecule has 1 aromatic heterocycles. The molecule has 6 heteroatoms. The summed E-state index contributed by atoms with van der Waals surface area (Å²) >= 11 is 0. The van der Waals surface area contributed by atoms with E-state index in [1.165, 1.54) is 6.26 Å². The Hall–Kier alpha value is -1.17. The van der Waals surface area contributed by atoms with E-state index in [0.29, 0.717) is 5.82 Å². The molecular formula is C12H21N3O2S. The smallest absolute Gasteiger partial charge is 0.149 e. The highest BCUT2D eigenvalue weighted by atomic mass is 32.2. The predicted octanol–water partition coefficient (Wildman–Crippen LogP) is 1.75. The van der Waals surface area contributed by atoms with Gasteiger partial charge in [0.2, 0.25) is 0 Å². The van der Waals surface area contributed by atoms with E-state index in [1.54, 1.807) is 0 Å². The van der Waals surface area contributed by atoms with E-state index in [0.717, 1.165) is 11.5 Å². The van der Waals surface area contributed by atoms with Gasteiger partial charge in [-0.25, -0.2) is 18.4 Å². The third-order valence-electron chi connectivity index (χ3n) is 2.33. The Kier molecular flexibility index (Phi) is 4.67. The summed E-state index contributed by atoms with van der Waals surface area (Å²) in [5.74, 6) is 1.79. The van der Waals surface area contributed by atoms with Crippen molar-refractivity contribution in [1.29, 1.82) is 0 Å². The average Bonchev–Trinajstić information content (AvgIpc) is 2.12. The maximum absolute atomic E-state index is 11.2. The Morgan fingerprint density at radius 1 is 1.28 bits per heavy atom. The highest BCUT2D eigenvalue weighted by Gasteiger charge is 2.12. The van der Waals surface area contributed by atoms with Crippen LogP contribution in [-0.4, -0.2) is 36.4 Å². The molecule has 0 bridgehead atoms. The molecule has 1 rings (SSSR count). The molecule has 0 amide bonds. The zero-order valence-corrected chi connectivity index (χ0v) is 12.4. The maximum atomic E-state index is 11.2. The predicted molar refractivity (Wildman–Crippen MR) is 73.7 cm³/mol. The van der Waals surface area contributed by atoms with Crippen molar-refractivity contribution in [2.45, 2.75) is 39.7 Å². The minimum Gasteiger partial charge on any atom is -0.366 e. The summed E-state index contributed by atoms with van der Waals surface area (Å²) < 4.78 is 22.4. The van der Waals surface area contributed by atoms with E-state index >= 15 is 0 Å². The van der Waals surface area contributed by atoms with E-state index < -0.39 is 9.84 Å². The molecule has 1 heterocycles. The highest BCUT2D eigenvalue weighted by molar-refractivity contribution is 7.90. The van der Waals surface area contributed by atoms with Gasteiger partial charge in [0.1, 0.15) is 21.5 Å². The lowest BCUT2D eigenvalue weighted by Gasteiger charge is -2.15. The standard InChI is InChI=1S/C12H21N3O2S/c1-8(2)12-14-9(3)6-11(15-12)13-10(4)7-18(5,16)17/h6,8,10H,7H2,1-5H3,(H,13,14,15). The van der Waals surface area contributed by atoms with Gasteiger partial charge in [0, 0.05) is 30.0 Å². The number of hydrogen-bond acceptors (Lipinski definition) is 5. The number of sulfone groups is 1. The van der Waals surface area contributed by atoms with Crippen molar-refractivity contribution in [3.8, 4) is 0 Å². The molecule has 0 radical (unpaired) electrons. The van der Waals surface area contributed by atoms with Crippen LogP contribution in [-0.2, 0) is 9.84 Å². The van der Waals surface area contributed by atoms with Gasteiger partial charge >= 0.3 is 0 Å². The summed E-state index contributed by atoms with van der Waals surface area (Å²) in [5, 5.41) is 3.10. The number of nitrogens with zero attached hydrogens (tertiary/aromatic N) is 2. The van der Waals surface area contributed by atoms with E-state index in [2.05, 4.69) is 15.3 Å². The van der Waals surface area contributed by atoms with Crippen LogP contribution in [0.4, 0.5) is 5.82 Å². The van der Waals surface area contributed by atoms with Gasteiger partial charge in [0.15, 0.2) is 0 Å². The maximum Gasteiger partial charge on any atom is 0.149 e. The van der Waals surface area contributed by atoms with Crippen LogP contribution in [0.25, 0.3) is 0 Å². The zero-order valence-electron chi connectivity index (χ0n) is 11.6. The molecule has 0 saturated heterocycles. The quantitative estimate of drug-likeness (QED) is 0.883. The van der Waals surface area contributed by atoms with Crippen molar-refractivity contribution in [1.82, 2.24) is 9.97 Å². The van der Waals surface area contributed by atoms with Gasteiger partial charge in [0.25, 0.3) is 0 Å². The molecule has 0 fully saturated rings. The average molecular weight is 271 g/mol. The van der Waals surface area contributed by atoms with Crippen LogP contribution < -0.4 is 5.32 Å². The Morgan fingerprint density at radius 2 is 1.89 bits per heavy atom. The Bertz CT molecular complexity index is 512. The molecule has 0 aliphatic carbocycles. The molecule has 1 unspecified atom stereocenters. The first-order valence-corrected chi connectivity index (χ1v) is 8.03. The van der Waals surface area contributed by atoms with Crippen LogP contribution in [0.5, 0.6) is 0 Å². The molecule has 0 aromatic carbocycles. The lowest BCUT2D eigenvalue weighted by Crippen LogP contribution is -2.25. The van der Waals surface area contributed by atoms with Crippen molar-refractivity contribution in [3.63, 3.8) is 0 Å². The summed E-state index contributed by atoms with van der Waals surface area (Å²) in [7, 11) is -2.99. The SMILES string of the molecule is Cc1cc(NC(C)CS(C)(=O)=O)nc(C(C)C)n1. The Morgan fingerprint density at radius 3 is 2.39 bits per heavy atom. The van der Waals surface area contributed by atoms with Crippen LogP contribution in [0.15, 0.2) is 6.07 Å². The Balaban J connectivity index is 2.84. The van der Waals surface area contributed by atoms with Gasteiger partial charge in [-0.3, -0.25) is 0 Å². The van der Waals surface area contributed by atoms with Crippen molar-refractivity contribution in [2.24, 2.45) is 0 Å². The number of hydrogen-bond donors (Lipinski definition) is 1. The molecule has 0 spiro atoms. The third kappa shape index (κ3) is 5.00. The second-order valence-corrected chi connectivity index (χ2v) is 7.23. The zero-order chi connectivity index (χ0) is 13.9. The largest absolute Gasteiger partial charge is 0.366 e. The topological polar surface area (TPSA) is 72.0 Å². The van der Waals surface area contributed by atoms with Crippen molar-refractivity contribution in [3.05, 3.63) is 17.6 Å². The van der Waals surface area contributed by atoms with Gasteiger partial charge in [-0.2, -0.15) is 0 Å². The number of aryl methyl sites for hydroxylation is 1. The second-order valence-electron chi connectivity index (χ2n) is 5.05. The summed E-state index contributed by atoms with van der Waals surface area (Å²) in [6.07, 6.45) is 1.23. The fourth-order valence-electron chi connectivity index (χ4n) is 1.67. The summed E-state index contributed by atoms with van der Waals surface area (Å²) in [6.45, 7) is 7.78. The number of nitrogens with one attached hydrogen (secondary N) is 1. The van der Waals surface area contributed by atoms with Crippen molar-refractivity contribution >= 4 is 15.7 Å². The second kappa shape index (κ2) is 5.65. The van der Waals surface area contributed by atoms with Gasteiger partial charge in [-0.05, 0) is 13.8 Å². The van der Waals surface area contributed by atoms with Gasteiger partial charge in [-0.1, -0.05) is 13.8 Å². The lowest BCUT2D eigenvalue weighted by molar-refractivity contribution is 0.598. The van der Waals surface area contributed by atoms with Crippen molar-refractivity contribution in [2.75, 3.05) is 17.3 Å². The number of anilines is 1. The van der Waals surface area contributed by atoms with Crippen LogP contribution in [0, 0.1) is 6.92 Å². The molecule has 0 aliphatic rings. The first kappa shape index (κ1) is 14.9. The fraction of sp³-hybridized carbons (Fsp3) is 0.667. The fourth-order valence-corrected chi connectivity index (χ4v) is 2.66. The number of aromatic nitrogens is 2.